The average molecular weight is 329 g/mol. The van der Waals surface area contributed by atoms with E-state index in [-0.39, 0.29) is 24.8 Å². The van der Waals surface area contributed by atoms with E-state index in [2.05, 4.69) is 15.6 Å². The number of aromatic nitrogens is 1. The molecule has 0 radical (unpaired) electrons. The minimum atomic E-state index is -0.656. The average Bonchev–Trinajstić information content (AvgIpc) is 2.58. The van der Waals surface area contributed by atoms with Crippen LogP contribution in [0.3, 0.4) is 0 Å². The quantitative estimate of drug-likeness (QED) is 0.899. The van der Waals surface area contributed by atoms with Crippen molar-refractivity contribution in [1.29, 1.82) is 0 Å². The Bertz CT molecular complexity index is 794. The first kappa shape index (κ1) is 15.9. The van der Waals surface area contributed by atoms with Crippen LogP contribution in [0.5, 0.6) is 5.88 Å². The van der Waals surface area contributed by atoms with Gasteiger partial charge >= 0.3 is 0 Å². The zero-order valence-electron chi connectivity index (χ0n) is 13.0. The summed E-state index contributed by atoms with van der Waals surface area (Å²) in [5, 5.41) is 5.38. The van der Waals surface area contributed by atoms with E-state index in [1.54, 1.807) is 18.3 Å². The van der Waals surface area contributed by atoms with Gasteiger partial charge in [-0.05, 0) is 23.8 Å². The maximum atomic E-state index is 13.3. The second-order valence-electron chi connectivity index (χ2n) is 5.43. The molecule has 0 saturated carbocycles. The summed E-state index contributed by atoms with van der Waals surface area (Å²) >= 11 is 0. The van der Waals surface area contributed by atoms with E-state index in [9.17, 15) is 14.0 Å². The Morgan fingerprint density at radius 2 is 2.29 bits per heavy atom. The number of carbonyl (C=O) groups is 2. The van der Waals surface area contributed by atoms with Gasteiger partial charge in [0, 0.05) is 30.4 Å². The van der Waals surface area contributed by atoms with Crippen molar-refractivity contribution in [3.63, 3.8) is 0 Å². The number of hydrogen-bond donors (Lipinski definition) is 2. The number of anilines is 1. The van der Waals surface area contributed by atoms with Gasteiger partial charge in [-0.3, -0.25) is 9.59 Å². The number of carbonyl (C=O) groups excluding carboxylic acids is 2. The summed E-state index contributed by atoms with van der Waals surface area (Å²) in [4.78, 5) is 28.4. The largest absolute Gasteiger partial charge is 0.481 e. The third-order valence-corrected chi connectivity index (χ3v) is 3.87. The van der Waals surface area contributed by atoms with E-state index in [0.717, 1.165) is 5.56 Å². The molecule has 1 aromatic heterocycles. The van der Waals surface area contributed by atoms with Crippen molar-refractivity contribution in [2.75, 3.05) is 12.4 Å². The highest BCUT2D eigenvalue weighted by Crippen LogP contribution is 2.33. The SMILES string of the molecule is COc1ncccc1CNC(=O)[C@@H]1CC(=O)Nc2cc(F)ccc21. The minimum Gasteiger partial charge on any atom is -0.481 e. The number of methoxy groups -OCH3 is 1. The number of nitrogens with one attached hydrogen (secondary N) is 2. The smallest absolute Gasteiger partial charge is 0.228 e. The van der Waals surface area contributed by atoms with Gasteiger partial charge in [0.2, 0.25) is 17.7 Å². The summed E-state index contributed by atoms with van der Waals surface area (Å²) in [6.07, 6.45) is 1.62. The first-order valence-corrected chi connectivity index (χ1v) is 7.43. The zero-order chi connectivity index (χ0) is 17.1. The Kier molecular flexibility index (Phi) is 4.41. The lowest BCUT2D eigenvalue weighted by Gasteiger charge is -2.25. The molecule has 0 unspecified atom stereocenters. The molecule has 0 fully saturated rings. The monoisotopic (exact) mass is 329 g/mol. The molecule has 7 heteroatoms. The van der Waals surface area contributed by atoms with E-state index < -0.39 is 11.7 Å². The van der Waals surface area contributed by atoms with Crippen LogP contribution < -0.4 is 15.4 Å². The standard InChI is InChI=1S/C17H16FN3O3/c1-24-17-10(3-2-6-19-17)9-20-16(23)13-8-15(22)21-14-7-11(18)4-5-12(13)14/h2-7,13H,8-9H2,1H3,(H,20,23)(H,21,22)/t13-/m1/s1. The van der Waals surface area contributed by atoms with Crippen LogP contribution in [0.15, 0.2) is 36.5 Å². The first-order valence-electron chi connectivity index (χ1n) is 7.43. The molecule has 2 heterocycles. The van der Waals surface area contributed by atoms with Crippen LogP contribution in [0.25, 0.3) is 0 Å². The molecule has 0 spiro atoms. The summed E-state index contributed by atoms with van der Waals surface area (Å²) < 4.78 is 18.5. The lowest BCUT2D eigenvalue weighted by molar-refractivity contribution is -0.126. The molecule has 2 amide bonds. The van der Waals surface area contributed by atoms with Crippen LogP contribution in [0.2, 0.25) is 0 Å². The van der Waals surface area contributed by atoms with Gasteiger partial charge in [-0.1, -0.05) is 12.1 Å². The van der Waals surface area contributed by atoms with Gasteiger partial charge in [0.05, 0.1) is 13.0 Å². The normalized spacial score (nSPS) is 16.1. The van der Waals surface area contributed by atoms with Crippen LogP contribution in [0, 0.1) is 5.82 Å². The number of benzene rings is 1. The Morgan fingerprint density at radius 3 is 3.08 bits per heavy atom. The van der Waals surface area contributed by atoms with E-state index >= 15 is 0 Å². The molecule has 1 aromatic carbocycles. The van der Waals surface area contributed by atoms with Gasteiger partial charge in [-0.2, -0.15) is 0 Å². The molecule has 3 rings (SSSR count). The highest BCUT2D eigenvalue weighted by molar-refractivity contribution is 6.01. The maximum Gasteiger partial charge on any atom is 0.228 e. The summed E-state index contributed by atoms with van der Waals surface area (Å²) in [6, 6.07) is 7.57. The number of halogens is 1. The van der Waals surface area contributed by atoms with Crippen molar-refractivity contribution in [2.45, 2.75) is 18.9 Å². The number of fused-ring (bicyclic) bond motifs is 1. The van der Waals surface area contributed by atoms with Crippen LogP contribution in [-0.2, 0) is 16.1 Å². The molecule has 124 valence electrons. The molecule has 6 nitrogen and oxygen atoms in total. The van der Waals surface area contributed by atoms with E-state index in [1.165, 1.54) is 25.3 Å². The second kappa shape index (κ2) is 6.66. The van der Waals surface area contributed by atoms with Gasteiger partial charge in [-0.15, -0.1) is 0 Å². The Morgan fingerprint density at radius 1 is 1.46 bits per heavy atom. The number of pyridine rings is 1. The summed E-state index contributed by atoms with van der Waals surface area (Å²) in [7, 11) is 1.50. The predicted molar refractivity (Wildman–Crippen MR) is 85.0 cm³/mol. The van der Waals surface area contributed by atoms with E-state index in [0.29, 0.717) is 17.1 Å². The molecule has 1 aliphatic rings. The summed E-state index contributed by atoms with van der Waals surface area (Å²) in [5.74, 6) is -1.30. The zero-order valence-corrected chi connectivity index (χ0v) is 13.0. The molecular formula is C17H16FN3O3. The minimum absolute atomic E-state index is 0.0225. The topological polar surface area (TPSA) is 80.3 Å². The van der Waals surface area contributed by atoms with Crippen molar-refractivity contribution in [3.05, 3.63) is 53.5 Å². The van der Waals surface area contributed by atoms with Crippen LogP contribution in [-0.4, -0.2) is 23.9 Å². The summed E-state index contributed by atoms with van der Waals surface area (Å²) in [6.45, 7) is 0.227. The fraction of sp³-hybridized carbons (Fsp3) is 0.235. The van der Waals surface area contributed by atoms with Crippen LogP contribution in [0.4, 0.5) is 10.1 Å². The van der Waals surface area contributed by atoms with Crippen LogP contribution >= 0.6 is 0 Å². The van der Waals surface area contributed by atoms with Gasteiger partial charge < -0.3 is 15.4 Å². The number of ether oxygens (including phenoxy) is 1. The van der Waals surface area contributed by atoms with Crippen molar-refractivity contribution in [3.8, 4) is 5.88 Å². The van der Waals surface area contributed by atoms with Gasteiger partial charge in [0.1, 0.15) is 5.82 Å². The summed E-state index contributed by atoms with van der Waals surface area (Å²) in [5.41, 5.74) is 1.67. The lowest BCUT2D eigenvalue weighted by atomic mass is 9.89. The van der Waals surface area contributed by atoms with E-state index in [4.69, 9.17) is 4.74 Å². The van der Waals surface area contributed by atoms with Gasteiger partial charge in [0.25, 0.3) is 0 Å². The Balaban J connectivity index is 1.77. The molecule has 1 atom stereocenters. The van der Waals surface area contributed by atoms with Crippen molar-refractivity contribution >= 4 is 17.5 Å². The van der Waals surface area contributed by atoms with Crippen molar-refractivity contribution in [1.82, 2.24) is 10.3 Å². The number of hydrogen-bond acceptors (Lipinski definition) is 4. The van der Waals surface area contributed by atoms with Crippen molar-refractivity contribution in [2.24, 2.45) is 0 Å². The number of amides is 2. The highest BCUT2D eigenvalue weighted by Gasteiger charge is 2.30. The van der Waals surface area contributed by atoms with Gasteiger partial charge in [0.15, 0.2) is 0 Å². The highest BCUT2D eigenvalue weighted by atomic mass is 19.1. The van der Waals surface area contributed by atoms with E-state index in [1.807, 2.05) is 0 Å². The second-order valence-corrected chi connectivity index (χ2v) is 5.43. The molecule has 2 N–H and O–H groups in total. The third-order valence-electron chi connectivity index (χ3n) is 3.87. The van der Waals surface area contributed by atoms with Crippen molar-refractivity contribution < 1.29 is 18.7 Å². The molecule has 0 saturated heterocycles. The molecule has 2 aromatic rings. The molecule has 0 bridgehead atoms. The first-order chi connectivity index (χ1) is 11.6. The fourth-order valence-corrected chi connectivity index (χ4v) is 2.72. The molecule has 24 heavy (non-hydrogen) atoms. The molecular weight excluding hydrogens is 313 g/mol. The maximum absolute atomic E-state index is 13.3. The predicted octanol–water partition coefficient (Wildman–Crippen LogP) is 1.97. The fourth-order valence-electron chi connectivity index (χ4n) is 2.72. The molecule has 1 aliphatic heterocycles. The Hall–Kier alpha value is -2.96. The Labute approximate surface area is 138 Å². The number of nitrogens with zero attached hydrogens (tertiary/aromatic N) is 1. The number of rotatable bonds is 4. The van der Waals surface area contributed by atoms with Gasteiger partial charge in [-0.25, -0.2) is 9.37 Å². The lowest BCUT2D eigenvalue weighted by Crippen LogP contribution is -2.34. The van der Waals surface area contributed by atoms with Crippen LogP contribution in [0.1, 0.15) is 23.5 Å². The third kappa shape index (κ3) is 3.19. The molecule has 0 aliphatic carbocycles.